The van der Waals surface area contributed by atoms with Crippen molar-refractivity contribution in [1.82, 2.24) is 0 Å². The molecule has 0 heterocycles. The van der Waals surface area contributed by atoms with Crippen LogP contribution in [0.25, 0.3) is 0 Å². The Bertz CT molecular complexity index is 106. The van der Waals surface area contributed by atoms with Gasteiger partial charge in [-0.1, -0.05) is 37.3 Å². The van der Waals surface area contributed by atoms with Gasteiger partial charge in [-0.3, -0.25) is 0 Å². The second kappa shape index (κ2) is 5.28. The van der Waals surface area contributed by atoms with Crippen LogP contribution in [0.3, 0.4) is 0 Å². The molecule has 1 rings (SSSR count). The molecule has 2 heteroatoms. The van der Waals surface area contributed by atoms with Crippen LogP contribution in [-0.2, 0) is 0 Å². The molecule has 0 N–H and O–H groups in total. The third kappa shape index (κ3) is 3.49. The number of rotatable bonds is 2. The van der Waals surface area contributed by atoms with Crippen molar-refractivity contribution < 1.29 is 0 Å². The lowest BCUT2D eigenvalue weighted by atomic mass is 9.91. The predicted molar refractivity (Wildman–Crippen MR) is 46.5 cm³/mol. The second-order valence-corrected chi connectivity index (χ2v) is 3.52. The van der Waals surface area contributed by atoms with Crippen LogP contribution >= 0.6 is 0 Å². The van der Waals surface area contributed by atoms with E-state index in [9.17, 15) is 4.91 Å². The first kappa shape index (κ1) is 8.69. The molecule has 0 amide bonds. The molecule has 0 aromatic carbocycles. The molecule has 0 spiro atoms. The van der Waals surface area contributed by atoms with Gasteiger partial charge in [0.05, 0.1) is 6.54 Å². The van der Waals surface area contributed by atoms with E-state index in [1.54, 1.807) is 0 Å². The van der Waals surface area contributed by atoms with Gasteiger partial charge in [-0.05, 0) is 18.8 Å². The van der Waals surface area contributed by atoms with E-state index in [-0.39, 0.29) is 0 Å². The van der Waals surface area contributed by atoms with E-state index in [1.165, 1.54) is 44.9 Å². The molecule has 0 unspecified atom stereocenters. The molecule has 0 radical (unpaired) electrons. The average molecular weight is 155 g/mol. The number of nitroso groups, excluding NO2 is 1. The van der Waals surface area contributed by atoms with Crippen LogP contribution in [0.1, 0.15) is 44.9 Å². The maximum absolute atomic E-state index is 10.0. The lowest BCUT2D eigenvalue weighted by molar-refractivity contribution is 0.385. The predicted octanol–water partition coefficient (Wildman–Crippen LogP) is 3.11. The van der Waals surface area contributed by atoms with Crippen LogP contribution in [0.4, 0.5) is 0 Å². The van der Waals surface area contributed by atoms with Crippen LogP contribution < -0.4 is 0 Å². The molecule has 0 aromatic heterocycles. The van der Waals surface area contributed by atoms with Crippen molar-refractivity contribution in [3.8, 4) is 0 Å². The Labute approximate surface area is 68.3 Å². The van der Waals surface area contributed by atoms with Crippen LogP contribution in [-0.4, -0.2) is 6.54 Å². The fourth-order valence-corrected chi connectivity index (χ4v) is 1.83. The Morgan fingerprint density at radius 3 is 2.09 bits per heavy atom. The standard InChI is InChI=1S/C9H17NO/c11-10-8-9-6-4-2-1-3-5-7-9/h9H,1-8H2. The maximum Gasteiger partial charge on any atom is 0.0839 e. The maximum atomic E-state index is 10.0. The molecule has 2 nitrogen and oxygen atoms in total. The van der Waals surface area contributed by atoms with Gasteiger partial charge < -0.3 is 0 Å². The molecule has 1 fully saturated rings. The van der Waals surface area contributed by atoms with Crippen LogP contribution in [0.5, 0.6) is 0 Å². The summed E-state index contributed by atoms with van der Waals surface area (Å²) in [5.41, 5.74) is 0. The van der Waals surface area contributed by atoms with Crippen molar-refractivity contribution in [2.45, 2.75) is 44.9 Å². The van der Waals surface area contributed by atoms with E-state index in [0.717, 1.165) is 0 Å². The van der Waals surface area contributed by atoms with E-state index in [4.69, 9.17) is 0 Å². The molecule has 1 aliphatic carbocycles. The summed E-state index contributed by atoms with van der Waals surface area (Å²) in [5, 5.41) is 2.98. The quantitative estimate of drug-likeness (QED) is 0.563. The van der Waals surface area contributed by atoms with Gasteiger partial charge in [0.2, 0.25) is 0 Å². The van der Waals surface area contributed by atoms with Gasteiger partial charge in [-0.15, -0.1) is 0 Å². The third-order valence-electron chi connectivity index (χ3n) is 2.56. The first-order valence-electron chi connectivity index (χ1n) is 4.72. The highest BCUT2D eigenvalue weighted by molar-refractivity contribution is 4.65. The van der Waals surface area contributed by atoms with Crippen molar-refractivity contribution in [3.05, 3.63) is 4.91 Å². The van der Waals surface area contributed by atoms with Gasteiger partial charge in [0.25, 0.3) is 0 Å². The fourth-order valence-electron chi connectivity index (χ4n) is 1.83. The highest BCUT2D eigenvalue weighted by Gasteiger charge is 2.10. The van der Waals surface area contributed by atoms with Gasteiger partial charge in [0.1, 0.15) is 0 Å². The molecule has 64 valence electrons. The number of hydrogen-bond donors (Lipinski definition) is 0. The SMILES string of the molecule is O=NCC1CCCCCCC1. The van der Waals surface area contributed by atoms with Crippen LogP contribution in [0.15, 0.2) is 5.18 Å². The van der Waals surface area contributed by atoms with Gasteiger partial charge in [-0.2, -0.15) is 4.91 Å². The summed E-state index contributed by atoms with van der Waals surface area (Å²) in [5.74, 6) is 0.604. The number of hydrogen-bond acceptors (Lipinski definition) is 2. The zero-order valence-corrected chi connectivity index (χ0v) is 7.09. The molecule has 0 aromatic rings. The molecular weight excluding hydrogens is 138 g/mol. The molecule has 11 heavy (non-hydrogen) atoms. The fraction of sp³-hybridized carbons (Fsp3) is 1.00. The Balaban J connectivity index is 2.20. The van der Waals surface area contributed by atoms with Crippen LogP contribution in [0.2, 0.25) is 0 Å². The highest BCUT2D eigenvalue weighted by atomic mass is 16.3. The van der Waals surface area contributed by atoms with E-state index in [0.29, 0.717) is 12.5 Å². The highest BCUT2D eigenvalue weighted by Crippen LogP contribution is 2.22. The molecule has 0 aliphatic heterocycles. The molecule has 1 saturated carbocycles. The van der Waals surface area contributed by atoms with E-state index in [1.807, 2.05) is 0 Å². The van der Waals surface area contributed by atoms with Gasteiger partial charge in [-0.25, -0.2) is 0 Å². The zero-order chi connectivity index (χ0) is 7.94. The molecule has 0 saturated heterocycles. The van der Waals surface area contributed by atoms with Crippen molar-refractivity contribution in [2.24, 2.45) is 11.1 Å². The lowest BCUT2D eigenvalue weighted by Crippen LogP contribution is -2.06. The smallest absolute Gasteiger partial charge is 0.0839 e. The Morgan fingerprint density at radius 1 is 1.00 bits per heavy atom. The third-order valence-corrected chi connectivity index (χ3v) is 2.56. The van der Waals surface area contributed by atoms with Gasteiger partial charge in [0.15, 0.2) is 0 Å². The largest absolute Gasteiger partial charge is 0.151 e. The molecule has 0 bridgehead atoms. The van der Waals surface area contributed by atoms with Crippen LogP contribution in [0, 0.1) is 10.8 Å². The van der Waals surface area contributed by atoms with Crippen molar-refractivity contribution >= 4 is 0 Å². The van der Waals surface area contributed by atoms with Crippen molar-refractivity contribution in [2.75, 3.05) is 6.54 Å². The Morgan fingerprint density at radius 2 is 1.55 bits per heavy atom. The second-order valence-electron chi connectivity index (χ2n) is 3.52. The minimum atomic E-state index is 0.556. The summed E-state index contributed by atoms with van der Waals surface area (Å²) in [6.45, 7) is 0.556. The summed E-state index contributed by atoms with van der Waals surface area (Å²) in [6.07, 6.45) is 9.17. The molecule has 0 atom stereocenters. The Hall–Kier alpha value is -0.400. The van der Waals surface area contributed by atoms with Crippen molar-refractivity contribution in [3.63, 3.8) is 0 Å². The summed E-state index contributed by atoms with van der Waals surface area (Å²) in [7, 11) is 0. The first-order chi connectivity index (χ1) is 5.43. The minimum Gasteiger partial charge on any atom is -0.151 e. The normalized spacial score (nSPS) is 22.2. The summed E-state index contributed by atoms with van der Waals surface area (Å²) < 4.78 is 0. The average Bonchev–Trinajstić information content (AvgIpc) is 1.94. The topological polar surface area (TPSA) is 29.4 Å². The summed E-state index contributed by atoms with van der Waals surface area (Å²) in [4.78, 5) is 10.0. The summed E-state index contributed by atoms with van der Waals surface area (Å²) in [6, 6.07) is 0. The van der Waals surface area contributed by atoms with E-state index in [2.05, 4.69) is 5.18 Å². The Kier molecular flexibility index (Phi) is 4.17. The molecular formula is C9H17NO. The summed E-state index contributed by atoms with van der Waals surface area (Å²) >= 11 is 0. The van der Waals surface area contributed by atoms with E-state index < -0.39 is 0 Å². The number of nitrogens with zero attached hydrogens (tertiary/aromatic N) is 1. The first-order valence-corrected chi connectivity index (χ1v) is 4.72. The van der Waals surface area contributed by atoms with Gasteiger partial charge in [0, 0.05) is 0 Å². The minimum absolute atomic E-state index is 0.556. The lowest BCUT2D eigenvalue weighted by Gasteiger charge is -2.15. The molecule has 1 aliphatic rings. The van der Waals surface area contributed by atoms with Crippen molar-refractivity contribution in [1.29, 1.82) is 0 Å². The monoisotopic (exact) mass is 155 g/mol. The van der Waals surface area contributed by atoms with Gasteiger partial charge >= 0.3 is 0 Å². The van der Waals surface area contributed by atoms with E-state index >= 15 is 0 Å². The zero-order valence-electron chi connectivity index (χ0n) is 7.09.